The van der Waals surface area contributed by atoms with Gasteiger partial charge in [-0.2, -0.15) is 0 Å². The van der Waals surface area contributed by atoms with Gasteiger partial charge in [-0.15, -0.1) is 0 Å². The van der Waals surface area contributed by atoms with Gasteiger partial charge in [-0.05, 0) is 72.3 Å². The fourth-order valence-corrected chi connectivity index (χ4v) is 2.18. The lowest BCUT2D eigenvalue weighted by molar-refractivity contribution is -0.123. The predicted octanol–water partition coefficient (Wildman–Crippen LogP) is 3.78. The highest BCUT2D eigenvalue weighted by Gasteiger charge is 2.19. The van der Waals surface area contributed by atoms with Crippen molar-refractivity contribution in [3.05, 3.63) is 63.2 Å². The lowest BCUT2D eigenvalue weighted by Crippen LogP contribution is -2.30. The summed E-state index contributed by atoms with van der Waals surface area (Å²) < 4.78 is 6.22. The Morgan fingerprint density at radius 3 is 2.36 bits per heavy atom. The van der Waals surface area contributed by atoms with Gasteiger partial charge < -0.3 is 10.1 Å². The van der Waals surface area contributed by atoms with Crippen molar-refractivity contribution in [2.24, 2.45) is 0 Å². The van der Waals surface area contributed by atoms with Crippen LogP contribution < -0.4 is 5.32 Å². The topological polar surface area (TPSA) is 55.4 Å². The van der Waals surface area contributed by atoms with Crippen molar-refractivity contribution < 1.29 is 14.3 Å². The Morgan fingerprint density at radius 1 is 1.09 bits per heavy atom. The molecule has 0 fully saturated rings. The third-order valence-corrected chi connectivity index (χ3v) is 3.86. The van der Waals surface area contributed by atoms with Crippen LogP contribution in [0.1, 0.15) is 22.8 Å². The Morgan fingerprint density at radius 2 is 1.73 bits per heavy atom. The van der Waals surface area contributed by atoms with Crippen molar-refractivity contribution in [2.45, 2.75) is 20.0 Å². The summed E-state index contributed by atoms with van der Waals surface area (Å²) in [4.78, 5) is 24.1. The van der Waals surface area contributed by atoms with Crippen molar-refractivity contribution in [3.63, 3.8) is 0 Å². The number of anilines is 1. The van der Waals surface area contributed by atoms with Crippen molar-refractivity contribution >= 4 is 40.2 Å². The number of hydrogen-bond acceptors (Lipinski definition) is 3. The molecule has 1 N–H and O–H groups in total. The van der Waals surface area contributed by atoms with Crippen molar-refractivity contribution in [3.8, 4) is 0 Å². The van der Waals surface area contributed by atoms with Gasteiger partial charge in [-0.3, -0.25) is 4.79 Å². The maximum absolute atomic E-state index is 12.1. The first-order valence-electron chi connectivity index (χ1n) is 6.80. The molecule has 0 aliphatic rings. The number of rotatable bonds is 4. The number of carbonyl (C=O) groups excluding carboxylic acids is 2. The van der Waals surface area contributed by atoms with Gasteiger partial charge in [0.15, 0.2) is 6.10 Å². The zero-order valence-electron chi connectivity index (χ0n) is 12.3. The van der Waals surface area contributed by atoms with Crippen LogP contribution in [0, 0.1) is 10.5 Å². The fraction of sp³-hybridized carbons (Fsp3) is 0.176. The summed E-state index contributed by atoms with van der Waals surface area (Å²) >= 11 is 2.16. The zero-order valence-corrected chi connectivity index (χ0v) is 14.5. The Labute approximate surface area is 143 Å². The maximum Gasteiger partial charge on any atom is 0.338 e. The Bertz CT molecular complexity index is 683. The van der Waals surface area contributed by atoms with Gasteiger partial charge in [0.2, 0.25) is 0 Å². The van der Waals surface area contributed by atoms with Gasteiger partial charge in [0.05, 0.1) is 5.56 Å². The van der Waals surface area contributed by atoms with Crippen LogP contribution in [-0.4, -0.2) is 18.0 Å². The second-order valence-electron chi connectivity index (χ2n) is 4.86. The summed E-state index contributed by atoms with van der Waals surface area (Å²) in [5, 5.41) is 2.76. The Balaban J connectivity index is 1.98. The van der Waals surface area contributed by atoms with Gasteiger partial charge in [0.25, 0.3) is 5.91 Å². The first-order chi connectivity index (χ1) is 10.5. The minimum Gasteiger partial charge on any atom is -0.449 e. The fourth-order valence-electron chi connectivity index (χ4n) is 1.82. The van der Waals surface area contributed by atoms with Crippen LogP contribution in [0.4, 0.5) is 5.69 Å². The summed E-state index contributed by atoms with van der Waals surface area (Å²) in [5.74, 6) is -0.864. The predicted molar refractivity (Wildman–Crippen MR) is 93.8 cm³/mol. The first-order valence-corrected chi connectivity index (χ1v) is 7.88. The number of carbonyl (C=O) groups is 2. The molecule has 4 nitrogen and oxygen atoms in total. The van der Waals surface area contributed by atoms with E-state index in [9.17, 15) is 9.59 Å². The summed E-state index contributed by atoms with van der Waals surface area (Å²) in [6, 6.07) is 14.4. The molecule has 0 aromatic heterocycles. The van der Waals surface area contributed by atoms with Crippen molar-refractivity contribution in [1.29, 1.82) is 0 Å². The van der Waals surface area contributed by atoms with Gasteiger partial charge in [0.1, 0.15) is 0 Å². The molecule has 0 saturated carbocycles. The standard InChI is InChI=1S/C17H16INO3/c1-11-5-3-4-6-15(11)19-16(20)12(2)22-17(21)13-7-9-14(18)10-8-13/h3-10,12H,1-2H3,(H,19,20). The second kappa shape index (κ2) is 7.40. The minimum absolute atomic E-state index is 0.354. The molecule has 0 saturated heterocycles. The van der Waals surface area contributed by atoms with Crippen LogP contribution in [-0.2, 0) is 9.53 Å². The van der Waals surface area contributed by atoms with Crippen molar-refractivity contribution in [2.75, 3.05) is 5.32 Å². The molecule has 0 bridgehead atoms. The van der Waals surface area contributed by atoms with E-state index in [-0.39, 0.29) is 5.91 Å². The molecule has 2 aromatic carbocycles. The monoisotopic (exact) mass is 409 g/mol. The number of benzene rings is 2. The average Bonchev–Trinajstić information content (AvgIpc) is 2.50. The van der Waals surface area contributed by atoms with Crippen LogP contribution in [0.2, 0.25) is 0 Å². The van der Waals surface area contributed by atoms with Crippen LogP contribution in [0.25, 0.3) is 0 Å². The van der Waals surface area contributed by atoms with E-state index < -0.39 is 12.1 Å². The maximum atomic E-state index is 12.1. The number of esters is 1. The second-order valence-corrected chi connectivity index (χ2v) is 6.10. The molecule has 5 heteroatoms. The Kier molecular flexibility index (Phi) is 5.54. The van der Waals surface area contributed by atoms with Crippen LogP contribution in [0.15, 0.2) is 48.5 Å². The van der Waals surface area contributed by atoms with Crippen LogP contribution >= 0.6 is 22.6 Å². The zero-order chi connectivity index (χ0) is 16.1. The summed E-state index contributed by atoms with van der Waals surface area (Å²) in [7, 11) is 0. The highest BCUT2D eigenvalue weighted by atomic mass is 127. The first kappa shape index (κ1) is 16.5. The van der Waals surface area contributed by atoms with E-state index in [0.717, 1.165) is 9.13 Å². The van der Waals surface area contributed by atoms with E-state index in [1.807, 2.05) is 37.3 Å². The van der Waals surface area contributed by atoms with E-state index in [1.165, 1.54) is 0 Å². The van der Waals surface area contributed by atoms with Crippen LogP contribution in [0.5, 0.6) is 0 Å². The Hall–Kier alpha value is -1.89. The number of hydrogen-bond donors (Lipinski definition) is 1. The number of halogens is 1. The molecule has 0 spiro atoms. The smallest absolute Gasteiger partial charge is 0.338 e. The van der Waals surface area contributed by atoms with E-state index in [1.54, 1.807) is 25.1 Å². The highest BCUT2D eigenvalue weighted by molar-refractivity contribution is 14.1. The number of aryl methyl sites for hydroxylation is 1. The summed E-state index contributed by atoms with van der Waals surface area (Å²) in [6.07, 6.45) is -0.869. The lowest BCUT2D eigenvalue weighted by Gasteiger charge is -2.14. The van der Waals surface area contributed by atoms with E-state index in [2.05, 4.69) is 27.9 Å². The molecule has 2 aromatic rings. The molecule has 0 radical (unpaired) electrons. The third kappa shape index (κ3) is 4.30. The molecular weight excluding hydrogens is 393 g/mol. The van der Waals surface area contributed by atoms with Gasteiger partial charge >= 0.3 is 5.97 Å². The van der Waals surface area contributed by atoms with E-state index in [0.29, 0.717) is 11.3 Å². The molecule has 0 aliphatic carbocycles. The average molecular weight is 409 g/mol. The van der Waals surface area contributed by atoms with Gasteiger partial charge in [0, 0.05) is 9.26 Å². The number of nitrogens with one attached hydrogen (secondary N) is 1. The summed E-state index contributed by atoms with van der Waals surface area (Å²) in [6.45, 7) is 3.45. The third-order valence-electron chi connectivity index (χ3n) is 3.14. The molecule has 114 valence electrons. The van der Waals surface area contributed by atoms with E-state index in [4.69, 9.17) is 4.74 Å². The molecule has 22 heavy (non-hydrogen) atoms. The molecule has 0 heterocycles. The highest BCUT2D eigenvalue weighted by Crippen LogP contribution is 2.14. The van der Waals surface area contributed by atoms with Gasteiger partial charge in [-0.25, -0.2) is 4.79 Å². The normalized spacial score (nSPS) is 11.6. The molecule has 1 atom stereocenters. The summed E-state index contributed by atoms with van der Waals surface area (Å²) in [5.41, 5.74) is 2.09. The molecule has 1 unspecified atom stereocenters. The molecule has 1 amide bonds. The SMILES string of the molecule is Cc1ccccc1NC(=O)C(C)OC(=O)c1ccc(I)cc1. The van der Waals surface area contributed by atoms with Crippen molar-refractivity contribution in [1.82, 2.24) is 0 Å². The quantitative estimate of drug-likeness (QED) is 0.618. The number of para-hydroxylation sites is 1. The largest absolute Gasteiger partial charge is 0.449 e. The minimum atomic E-state index is -0.869. The molecular formula is C17H16INO3. The van der Waals surface area contributed by atoms with Gasteiger partial charge in [-0.1, -0.05) is 18.2 Å². The molecule has 2 rings (SSSR count). The van der Waals surface area contributed by atoms with E-state index >= 15 is 0 Å². The number of ether oxygens (including phenoxy) is 1. The van der Waals surface area contributed by atoms with Crippen LogP contribution in [0.3, 0.4) is 0 Å². The molecule has 0 aliphatic heterocycles. The number of amides is 1. The lowest BCUT2D eigenvalue weighted by atomic mass is 10.2.